The second kappa shape index (κ2) is 4.00. The van der Waals surface area contributed by atoms with Gasteiger partial charge in [0.25, 0.3) is 0 Å². The van der Waals surface area contributed by atoms with Crippen molar-refractivity contribution in [2.45, 2.75) is 0 Å². The van der Waals surface area contributed by atoms with Gasteiger partial charge in [-0.25, -0.2) is 4.39 Å². The molecule has 3 heteroatoms. The number of aromatic hydroxyl groups is 1. The second-order valence-corrected chi connectivity index (χ2v) is 3.03. The van der Waals surface area contributed by atoms with E-state index < -0.39 is 5.82 Å². The van der Waals surface area contributed by atoms with E-state index in [-0.39, 0.29) is 11.5 Å². The summed E-state index contributed by atoms with van der Waals surface area (Å²) in [6.07, 6.45) is 0. The highest BCUT2D eigenvalue weighted by Crippen LogP contribution is 2.26. The Morgan fingerprint density at radius 3 is 2.53 bits per heavy atom. The topological polar surface area (TPSA) is 29.5 Å². The standard InChI is InChI=1S/C12H9FO2/c13-11-6-1-2-7-12(11)15-10-5-3-4-9(14)8-10/h1-8,14H. The maximum atomic E-state index is 13.2. The number of phenols is 1. The van der Waals surface area contributed by atoms with E-state index in [0.717, 1.165) is 0 Å². The van der Waals surface area contributed by atoms with Crippen LogP contribution in [-0.4, -0.2) is 5.11 Å². The van der Waals surface area contributed by atoms with Crippen LogP contribution in [0.1, 0.15) is 0 Å². The fourth-order valence-corrected chi connectivity index (χ4v) is 1.20. The van der Waals surface area contributed by atoms with E-state index in [1.165, 1.54) is 24.3 Å². The Bertz CT molecular complexity index is 469. The zero-order valence-electron chi connectivity index (χ0n) is 7.85. The Morgan fingerprint density at radius 1 is 1.00 bits per heavy atom. The summed E-state index contributed by atoms with van der Waals surface area (Å²) in [5, 5.41) is 9.19. The van der Waals surface area contributed by atoms with E-state index in [9.17, 15) is 9.50 Å². The molecular weight excluding hydrogens is 195 g/mol. The van der Waals surface area contributed by atoms with Gasteiger partial charge in [0.15, 0.2) is 11.6 Å². The number of rotatable bonds is 2. The monoisotopic (exact) mass is 204 g/mol. The van der Waals surface area contributed by atoms with Crippen LogP contribution in [0.5, 0.6) is 17.2 Å². The summed E-state index contributed by atoms with van der Waals surface area (Å²) >= 11 is 0. The molecule has 0 bridgehead atoms. The van der Waals surface area contributed by atoms with E-state index in [2.05, 4.69) is 0 Å². The number of hydrogen-bond donors (Lipinski definition) is 1. The molecule has 0 heterocycles. The summed E-state index contributed by atoms with van der Waals surface area (Å²) in [7, 11) is 0. The largest absolute Gasteiger partial charge is 0.508 e. The second-order valence-electron chi connectivity index (χ2n) is 3.03. The fraction of sp³-hybridized carbons (Fsp3) is 0. The van der Waals surface area contributed by atoms with Crippen molar-refractivity contribution in [3.63, 3.8) is 0 Å². The number of benzene rings is 2. The molecule has 0 amide bonds. The van der Waals surface area contributed by atoms with E-state index >= 15 is 0 Å². The first-order chi connectivity index (χ1) is 7.25. The van der Waals surface area contributed by atoms with Crippen LogP contribution in [0.3, 0.4) is 0 Å². The van der Waals surface area contributed by atoms with Crippen LogP contribution in [-0.2, 0) is 0 Å². The molecule has 0 aliphatic carbocycles. The molecule has 0 saturated heterocycles. The van der Waals surface area contributed by atoms with Crippen molar-refractivity contribution >= 4 is 0 Å². The first-order valence-corrected chi connectivity index (χ1v) is 4.47. The summed E-state index contributed by atoms with van der Waals surface area (Å²) in [6, 6.07) is 12.3. The Hall–Kier alpha value is -2.03. The molecule has 0 saturated carbocycles. The van der Waals surface area contributed by atoms with E-state index in [1.807, 2.05) is 0 Å². The van der Waals surface area contributed by atoms with Gasteiger partial charge in [0.1, 0.15) is 11.5 Å². The summed E-state index contributed by atoms with van der Waals surface area (Å²) in [6.45, 7) is 0. The van der Waals surface area contributed by atoms with Crippen molar-refractivity contribution in [3.8, 4) is 17.2 Å². The summed E-state index contributed by atoms with van der Waals surface area (Å²) < 4.78 is 18.4. The van der Waals surface area contributed by atoms with Crippen LogP contribution < -0.4 is 4.74 Å². The van der Waals surface area contributed by atoms with Crippen molar-refractivity contribution in [3.05, 3.63) is 54.3 Å². The molecule has 0 unspecified atom stereocenters. The van der Waals surface area contributed by atoms with Gasteiger partial charge in [-0.2, -0.15) is 0 Å². The molecule has 1 N–H and O–H groups in total. The third-order valence-corrected chi connectivity index (χ3v) is 1.88. The Labute approximate surface area is 86.6 Å². The molecule has 76 valence electrons. The fourth-order valence-electron chi connectivity index (χ4n) is 1.20. The number of halogens is 1. The van der Waals surface area contributed by atoms with E-state index in [4.69, 9.17) is 4.74 Å². The molecule has 2 aromatic rings. The quantitative estimate of drug-likeness (QED) is 0.813. The third-order valence-electron chi connectivity index (χ3n) is 1.88. The molecule has 0 radical (unpaired) electrons. The highest BCUT2D eigenvalue weighted by molar-refractivity contribution is 5.36. The Morgan fingerprint density at radius 2 is 1.80 bits per heavy atom. The van der Waals surface area contributed by atoms with Crippen LogP contribution in [0.4, 0.5) is 4.39 Å². The zero-order chi connectivity index (χ0) is 10.7. The number of para-hydroxylation sites is 1. The van der Waals surface area contributed by atoms with Gasteiger partial charge in [-0.3, -0.25) is 0 Å². The zero-order valence-corrected chi connectivity index (χ0v) is 7.85. The molecule has 0 aliphatic rings. The predicted octanol–water partition coefficient (Wildman–Crippen LogP) is 3.32. The average molecular weight is 204 g/mol. The van der Waals surface area contributed by atoms with Gasteiger partial charge >= 0.3 is 0 Å². The summed E-state index contributed by atoms with van der Waals surface area (Å²) in [5.41, 5.74) is 0. The van der Waals surface area contributed by atoms with Crippen molar-refractivity contribution in [1.29, 1.82) is 0 Å². The molecule has 0 aromatic heterocycles. The Kier molecular flexibility index (Phi) is 2.54. The molecular formula is C12H9FO2. The van der Waals surface area contributed by atoms with Gasteiger partial charge in [-0.1, -0.05) is 18.2 Å². The number of ether oxygens (including phenoxy) is 1. The van der Waals surface area contributed by atoms with Gasteiger partial charge < -0.3 is 9.84 Å². The minimum Gasteiger partial charge on any atom is -0.508 e. The van der Waals surface area contributed by atoms with Crippen LogP contribution in [0, 0.1) is 5.82 Å². The molecule has 0 aliphatic heterocycles. The summed E-state index contributed by atoms with van der Waals surface area (Å²) in [4.78, 5) is 0. The lowest BCUT2D eigenvalue weighted by Crippen LogP contribution is -1.86. The van der Waals surface area contributed by atoms with Crippen LogP contribution in [0.15, 0.2) is 48.5 Å². The minimum atomic E-state index is -0.430. The molecule has 0 fully saturated rings. The lowest BCUT2D eigenvalue weighted by atomic mass is 10.3. The normalized spacial score (nSPS) is 9.93. The molecule has 15 heavy (non-hydrogen) atoms. The van der Waals surface area contributed by atoms with E-state index in [1.54, 1.807) is 24.3 Å². The Balaban J connectivity index is 2.26. The first kappa shape index (κ1) is 9.52. The summed E-state index contributed by atoms with van der Waals surface area (Å²) in [5.74, 6) is 0.202. The van der Waals surface area contributed by atoms with Gasteiger partial charge in [-0.15, -0.1) is 0 Å². The smallest absolute Gasteiger partial charge is 0.165 e. The number of phenolic OH excluding ortho intramolecular Hbond substituents is 1. The lowest BCUT2D eigenvalue weighted by molar-refractivity contribution is 0.432. The predicted molar refractivity (Wildman–Crippen MR) is 54.6 cm³/mol. The maximum Gasteiger partial charge on any atom is 0.165 e. The lowest BCUT2D eigenvalue weighted by Gasteiger charge is -2.06. The van der Waals surface area contributed by atoms with Gasteiger partial charge in [-0.05, 0) is 24.3 Å². The highest BCUT2D eigenvalue weighted by atomic mass is 19.1. The molecule has 0 atom stereocenters. The van der Waals surface area contributed by atoms with Gasteiger partial charge in [0.05, 0.1) is 0 Å². The SMILES string of the molecule is Oc1cccc(Oc2ccccc2F)c1. The molecule has 0 spiro atoms. The number of hydrogen-bond acceptors (Lipinski definition) is 2. The van der Waals surface area contributed by atoms with Crippen molar-refractivity contribution in [2.75, 3.05) is 0 Å². The van der Waals surface area contributed by atoms with Gasteiger partial charge in [0, 0.05) is 6.07 Å². The first-order valence-electron chi connectivity index (χ1n) is 4.47. The van der Waals surface area contributed by atoms with Crippen molar-refractivity contribution in [2.24, 2.45) is 0 Å². The van der Waals surface area contributed by atoms with Gasteiger partial charge in [0.2, 0.25) is 0 Å². The maximum absolute atomic E-state index is 13.2. The third kappa shape index (κ3) is 2.26. The van der Waals surface area contributed by atoms with Crippen molar-refractivity contribution < 1.29 is 14.2 Å². The molecule has 2 nitrogen and oxygen atoms in total. The minimum absolute atomic E-state index is 0.0869. The van der Waals surface area contributed by atoms with Crippen molar-refractivity contribution in [1.82, 2.24) is 0 Å². The van der Waals surface area contributed by atoms with Crippen LogP contribution in [0.25, 0.3) is 0 Å². The average Bonchev–Trinajstić information content (AvgIpc) is 2.22. The molecule has 2 aromatic carbocycles. The molecule has 2 rings (SSSR count). The van der Waals surface area contributed by atoms with Crippen LogP contribution >= 0.6 is 0 Å². The highest BCUT2D eigenvalue weighted by Gasteiger charge is 2.03. The van der Waals surface area contributed by atoms with Crippen LogP contribution in [0.2, 0.25) is 0 Å². The van der Waals surface area contributed by atoms with E-state index in [0.29, 0.717) is 5.75 Å².